The molecule has 0 bridgehead atoms. The van der Waals surface area contributed by atoms with E-state index in [0.29, 0.717) is 0 Å². The number of nitrogens with two attached hydrogens (primary N) is 1. The molecule has 14 heavy (non-hydrogen) atoms. The number of benzene rings is 1. The Bertz CT molecular complexity index is 368. The van der Waals surface area contributed by atoms with Gasteiger partial charge in [0.2, 0.25) is 0 Å². The van der Waals surface area contributed by atoms with Crippen LogP contribution >= 0.6 is 23.2 Å². The van der Waals surface area contributed by atoms with E-state index in [-0.39, 0.29) is 28.6 Å². The normalized spacial score (nSPS) is 10.3. The van der Waals surface area contributed by atoms with Crippen molar-refractivity contribution in [3.63, 3.8) is 0 Å². The third-order valence-electron chi connectivity index (χ3n) is 1.69. The van der Waals surface area contributed by atoms with Gasteiger partial charge in [0.05, 0.1) is 15.6 Å². The number of ketones is 1. The summed E-state index contributed by atoms with van der Waals surface area (Å²) in [4.78, 5) is 11.4. The standard InChI is InChI=1S/C9H8Cl2FNO/c10-5-1-2-6(11)9(12)8(5)7(14)3-4-13/h1-2H,3-4,13H2. The quantitative estimate of drug-likeness (QED) is 0.647. The molecule has 1 rings (SSSR count). The zero-order valence-corrected chi connectivity index (χ0v) is 8.70. The van der Waals surface area contributed by atoms with E-state index in [0.717, 1.165) is 0 Å². The number of carbonyl (C=O) groups is 1. The lowest BCUT2D eigenvalue weighted by molar-refractivity contribution is 0.0981. The van der Waals surface area contributed by atoms with E-state index in [2.05, 4.69) is 0 Å². The molecule has 0 saturated carbocycles. The van der Waals surface area contributed by atoms with E-state index in [1.54, 1.807) is 0 Å². The molecule has 2 N–H and O–H groups in total. The molecule has 0 aromatic heterocycles. The molecule has 2 nitrogen and oxygen atoms in total. The van der Waals surface area contributed by atoms with Crippen molar-refractivity contribution in [1.29, 1.82) is 0 Å². The fraction of sp³-hybridized carbons (Fsp3) is 0.222. The van der Waals surface area contributed by atoms with E-state index in [1.165, 1.54) is 12.1 Å². The predicted octanol–water partition coefficient (Wildman–Crippen LogP) is 2.66. The fourth-order valence-corrected chi connectivity index (χ4v) is 1.45. The Balaban J connectivity index is 3.18. The van der Waals surface area contributed by atoms with Crippen molar-refractivity contribution < 1.29 is 9.18 Å². The summed E-state index contributed by atoms with van der Waals surface area (Å²) in [5, 5.41) is -0.0554. The predicted molar refractivity (Wildman–Crippen MR) is 54.4 cm³/mol. The molecule has 1 aromatic carbocycles. The second-order valence-electron chi connectivity index (χ2n) is 2.68. The van der Waals surface area contributed by atoms with Crippen LogP contribution in [0.25, 0.3) is 0 Å². The molecule has 0 fully saturated rings. The van der Waals surface area contributed by atoms with Gasteiger partial charge in [-0.3, -0.25) is 4.79 Å². The lowest BCUT2D eigenvalue weighted by Gasteiger charge is -2.05. The van der Waals surface area contributed by atoms with Gasteiger partial charge >= 0.3 is 0 Å². The monoisotopic (exact) mass is 235 g/mol. The van der Waals surface area contributed by atoms with Gasteiger partial charge in [0.25, 0.3) is 0 Å². The number of Topliss-reactive ketones (excluding diaryl/α,β-unsaturated/α-hetero) is 1. The van der Waals surface area contributed by atoms with Crippen LogP contribution in [-0.2, 0) is 0 Å². The molecule has 76 valence electrons. The Hall–Kier alpha value is -0.640. The summed E-state index contributed by atoms with van der Waals surface area (Å²) >= 11 is 11.2. The lowest BCUT2D eigenvalue weighted by Crippen LogP contribution is -2.10. The zero-order valence-electron chi connectivity index (χ0n) is 7.19. The SMILES string of the molecule is NCCC(=O)c1c(Cl)ccc(Cl)c1F. The Labute approximate surface area is 90.8 Å². The summed E-state index contributed by atoms with van der Waals surface area (Å²) < 4.78 is 13.4. The van der Waals surface area contributed by atoms with Crippen molar-refractivity contribution in [3.05, 3.63) is 33.6 Å². The number of rotatable bonds is 3. The van der Waals surface area contributed by atoms with Crippen molar-refractivity contribution in [2.75, 3.05) is 6.54 Å². The smallest absolute Gasteiger partial charge is 0.168 e. The van der Waals surface area contributed by atoms with E-state index in [1.807, 2.05) is 0 Å². The third-order valence-corrected chi connectivity index (χ3v) is 2.30. The second kappa shape index (κ2) is 4.73. The van der Waals surface area contributed by atoms with Crippen LogP contribution in [0.15, 0.2) is 12.1 Å². The fourth-order valence-electron chi connectivity index (χ4n) is 1.04. The molecule has 0 aliphatic carbocycles. The van der Waals surface area contributed by atoms with Gasteiger partial charge in [0.1, 0.15) is 0 Å². The molecular weight excluding hydrogens is 228 g/mol. The van der Waals surface area contributed by atoms with Crippen molar-refractivity contribution in [1.82, 2.24) is 0 Å². The summed E-state index contributed by atoms with van der Waals surface area (Å²) in [5.74, 6) is -1.21. The summed E-state index contributed by atoms with van der Waals surface area (Å²) in [6.07, 6.45) is 0.0526. The second-order valence-corrected chi connectivity index (χ2v) is 3.49. The largest absolute Gasteiger partial charge is 0.330 e. The molecule has 0 aliphatic heterocycles. The molecule has 5 heteroatoms. The van der Waals surface area contributed by atoms with Crippen LogP contribution in [0.3, 0.4) is 0 Å². The van der Waals surface area contributed by atoms with Crippen LogP contribution < -0.4 is 5.73 Å². The van der Waals surface area contributed by atoms with Crippen LogP contribution in [0.2, 0.25) is 10.0 Å². The van der Waals surface area contributed by atoms with Crippen molar-refractivity contribution in [2.45, 2.75) is 6.42 Å². The minimum Gasteiger partial charge on any atom is -0.330 e. The summed E-state index contributed by atoms with van der Waals surface area (Å²) in [6, 6.07) is 2.69. The van der Waals surface area contributed by atoms with Crippen LogP contribution in [0.4, 0.5) is 4.39 Å². The van der Waals surface area contributed by atoms with Crippen LogP contribution in [0, 0.1) is 5.82 Å². The number of halogens is 3. The van der Waals surface area contributed by atoms with Gasteiger partial charge in [-0.1, -0.05) is 23.2 Å². The summed E-state index contributed by atoms with van der Waals surface area (Å²) in [6.45, 7) is 0.154. The van der Waals surface area contributed by atoms with Crippen LogP contribution in [-0.4, -0.2) is 12.3 Å². The van der Waals surface area contributed by atoms with Gasteiger partial charge in [0.15, 0.2) is 11.6 Å². The topological polar surface area (TPSA) is 43.1 Å². The molecule has 0 aliphatic rings. The average molecular weight is 236 g/mol. The summed E-state index contributed by atoms with van der Waals surface area (Å²) in [7, 11) is 0. The van der Waals surface area contributed by atoms with E-state index < -0.39 is 11.6 Å². The Kier molecular flexibility index (Phi) is 3.86. The minimum atomic E-state index is -0.780. The van der Waals surface area contributed by atoms with Gasteiger partial charge < -0.3 is 5.73 Å². The van der Waals surface area contributed by atoms with Gasteiger partial charge in [0, 0.05) is 6.42 Å². The van der Waals surface area contributed by atoms with Gasteiger partial charge in [-0.05, 0) is 18.7 Å². The average Bonchev–Trinajstić information content (AvgIpc) is 2.13. The molecule has 0 amide bonds. The first kappa shape index (κ1) is 11.4. The molecule has 0 saturated heterocycles. The Morgan fingerprint density at radius 2 is 1.93 bits per heavy atom. The minimum absolute atomic E-state index is 0.0526. The maximum Gasteiger partial charge on any atom is 0.168 e. The van der Waals surface area contributed by atoms with Crippen molar-refractivity contribution in [3.8, 4) is 0 Å². The molecular formula is C9H8Cl2FNO. The molecule has 0 unspecified atom stereocenters. The van der Waals surface area contributed by atoms with Gasteiger partial charge in [-0.15, -0.1) is 0 Å². The highest BCUT2D eigenvalue weighted by Crippen LogP contribution is 2.26. The van der Waals surface area contributed by atoms with Crippen LogP contribution in [0.1, 0.15) is 16.8 Å². The van der Waals surface area contributed by atoms with Gasteiger partial charge in [-0.2, -0.15) is 0 Å². The Morgan fingerprint density at radius 1 is 1.36 bits per heavy atom. The molecule has 0 heterocycles. The highest BCUT2D eigenvalue weighted by atomic mass is 35.5. The molecule has 0 radical (unpaired) electrons. The highest BCUT2D eigenvalue weighted by molar-refractivity contribution is 6.36. The van der Waals surface area contributed by atoms with E-state index in [4.69, 9.17) is 28.9 Å². The maximum atomic E-state index is 13.4. The molecule has 1 aromatic rings. The van der Waals surface area contributed by atoms with Crippen LogP contribution in [0.5, 0.6) is 0 Å². The first-order chi connectivity index (χ1) is 6.57. The van der Waals surface area contributed by atoms with Gasteiger partial charge in [-0.25, -0.2) is 4.39 Å². The van der Waals surface area contributed by atoms with Crippen molar-refractivity contribution in [2.24, 2.45) is 5.73 Å². The third kappa shape index (κ3) is 2.23. The lowest BCUT2D eigenvalue weighted by atomic mass is 10.1. The number of hydrogen-bond donors (Lipinski definition) is 1. The first-order valence-electron chi connectivity index (χ1n) is 3.94. The number of carbonyl (C=O) groups excluding carboxylic acids is 1. The highest BCUT2D eigenvalue weighted by Gasteiger charge is 2.17. The maximum absolute atomic E-state index is 13.4. The number of hydrogen-bond acceptors (Lipinski definition) is 2. The first-order valence-corrected chi connectivity index (χ1v) is 4.70. The van der Waals surface area contributed by atoms with E-state index >= 15 is 0 Å². The van der Waals surface area contributed by atoms with Crippen molar-refractivity contribution >= 4 is 29.0 Å². The molecule has 0 atom stereocenters. The zero-order chi connectivity index (χ0) is 10.7. The van der Waals surface area contributed by atoms with E-state index in [9.17, 15) is 9.18 Å². The molecule has 0 spiro atoms. The summed E-state index contributed by atoms with van der Waals surface area (Å²) in [5.41, 5.74) is 5.01. The Morgan fingerprint density at radius 3 is 2.50 bits per heavy atom.